The highest BCUT2D eigenvalue weighted by molar-refractivity contribution is 6.35. The van der Waals surface area contributed by atoms with Gasteiger partial charge in [0.15, 0.2) is 0 Å². The van der Waals surface area contributed by atoms with Gasteiger partial charge >= 0.3 is 5.97 Å². The molecule has 0 bridgehead atoms. The van der Waals surface area contributed by atoms with Crippen LogP contribution in [0.2, 0.25) is 10.0 Å². The number of aliphatic carboxylic acids is 1. The summed E-state index contributed by atoms with van der Waals surface area (Å²) in [5.74, 6) is -1.11. The van der Waals surface area contributed by atoms with Crippen LogP contribution in [0.5, 0.6) is 17.2 Å². The molecule has 7 nitrogen and oxygen atoms in total. The second-order valence-electron chi connectivity index (χ2n) is 7.13. The van der Waals surface area contributed by atoms with Crippen LogP contribution in [0.4, 0.5) is 0 Å². The Balaban J connectivity index is 1.96. The molecule has 0 aliphatic carbocycles. The SMILES string of the molecule is CCC(C)C(NCc1c(O)ccc2c(=O)c(Oc3ccc(Cl)cc3Cl)coc12)C(=O)O. The molecule has 2 aromatic carbocycles. The zero-order chi connectivity index (χ0) is 22.7. The van der Waals surface area contributed by atoms with Crippen molar-refractivity contribution in [3.63, 3.8) is 0 Å². The average Bonchev–Trinajstić information content (AvgIpc) is 2.72. The fraction of sp³-hybridized carbons (Fsp3) is 0.273. The predicted octanol–water partition coefficient (Wildman–Crippen LogP) is 5.19. The number of fused-ring (bicyclic) bond motifs is 1. The molecule has 164 valence electrons. The van der Waals surface area contributed by atoms with E-state index in [-0.39, 0.29) is 51.3 Å². The molecule has 0 aliphatic heterocycles. The lowest BCUT2D eigenvalue weighted by molar-refractivity contribution is -0.140. The molecule has 9 heteroatoms. The van der Waals surface area contributed by atoms with Crippen molar-refractivity contribution in [1.82, 2.24) is 5.32 Å². The van der Waals surface area contributed by atoms with Crippen molar-refractivity contribution in [3.8, 4) is 17.2 Å². The minimum absolute atomic E-state index is 0.00334. The van der Waals surface area contributed by atoms with Crippen molar-refractivity contribution in [3.05, 3.63) is 62.4 Å². The first kappa shape index (κ1) is 22.9. The number of ether oxygens (including phenoxy) is 1. The Morgan fingerprint density at radius 1 is 1.23 bits per heavy atom. The van der Waals surface area contributed by atoms with Crippen LogP contribution >= 0.6 is 23.2 Å². The third kappa shape index (κ3) is 4.95. The van der Waals surface area contributed by atoms with Crippen molar-refractivity contribution < 1.29 is 24.2 Å². The normalized spacial score (nSPS) is 13.2. The highest BCUT2D eigenvalue weighted by atomic mass is 35.5. The second kappa shape index (κ2) is 9.60. The Kier molecular flexibility index (Phi) is 7.10. The first-order valence-electron chi connectivity index (χ1n) is 9.58. The first-order valence-corrected chi connectivity index (χ1v) is 10.3. The van der Waals surface area contributed by atoms with Gasteiger partial charge in [-0.25, -0.2) is 0 Å². The van der Waals surface area contributed by atoms with E-state index in [1.807, 2.05) is 13.8 Å². The number of hydrogen-bond acceptors (Lipinski definition) is 6. The Hall–Kier alpha value is -2.74. The summed E-state index contributed by atoms with van der Waals surface area (Å²) in [6.07, 6.45) is 1.79. The van der Waals surface area contributed by atoms with E-state index in [2.05, 4.69) is 5.32 Å². The number of carboxylic acid groups (broad SMARTS) is 1. The molecule has 0 spiro atoms. The number of nitrogens with one attached hydrogen (secondary N) is 1. The number of carbonyl (C=O) groups is 1. The van der Waals surface area contributed by atoms with Crippen LogP contribution in [0.1, 0.15) is 25.8 Å². The van der Waals surface area contributed by atoms with Crippen LogP contribution in [-0.4, -0.2) is 22.2 Å². The van der Waals surface area contributed by atoms with E-state index >= 15 is 0 Å². The van der Waals surface area contributed by atoms with E-state index in [1.54, 1.807) is 6.07 Å². The topological polar surface area (TPSA) is 109 Å². The molecular weight excluding hydrogens is 445 g/mol. The molecule has 31 heavy (non-hydrogen) atoms. The molecule has 0 radical (unpaired) electrons. The summed E-state index contributed by atoms with van der Waals surface area (Å²) in [4.78, 5) is 24.5. The summed E-state index contributed by atoms with van der Waals surface area (Å²) >= 11 is 12.0. The maximum atomic E-state index is 12.9. The van der Waals surface area contributed by atoms with Gasteiger partial charge in [0.1, 0.15) is 29.4 Å². The second-order valence-corrected chi connectivity index (χ2v) is 7.97. The Morgan fingerprint density at radius 3 is 2.61 bits per heavy atom. The van der Waals surface area contributed by atoms with Crippen LogP contribution in [0.3, 0.4) is 0 Å². The van der Waals surface area contributed by atoms with Crippen LogP contribution in [0.15, 0.2) is 45.8 Å². The third-order valence-corrected chi connectivity index (χ3v) is 5.61. The lowest BCUT2D eigenvalue weighted by Crippen LogP contribution is -2.41. The zero-order valence-corrected chi connectivity index (χ0v) is 18.3. The van der Waals surface area contributed by atoms with Crippen LogP contribution < -0.4 is 15.5 Å². The number of hydrogen-bond donors (Lipinski definition) is 3. The number of aromatic hydroxyl groups is 1. The van der Waals surface area contributed by atoms with Gasteiger partial charge in [-0.2, -0.15) is 0 Å². The molecule has 0 saturated heterocycles. The van der Waals surface area contributed by atoms with Gasteiger partial charge in [-0.05, 0) is 36.2 Å². The van der Waals surface area contributed by atoms with E-state index in [0.717, 1.165) is 6.26 Å². The molecule has 0 amide bonds. The summed E-state index contributed by atoms with van der Waals surface area (Å²) in [7, 11) is 0. The molecule has 1 aromatic heterocycles. The van der Waals surface area contributed by atoms with E-state index in [9.17, 15) is 19.8 Å². The highest BCUT2D eigenvalue weighted by Gasteiger charge is 2.24. The fourth-order valence-electron chi connectivity index (χ4n) is 3.13. The number of rotatable bonds is 8. The van der Waals surface area contributed by atoms with Gasteiger partial charge in [0.25, 0.3) is 0 Å². The van der Waals surface area contributed by atoms with Crippen LogP contribution in [0.25, 0.3) is 11.0 Å². The maximum Gasteiger partial charge on any atom is 0.320 e. The summed E-state index contributed by atoms with van der Waals surface area (Å²) in [6.45, 7) is 3.71. The molecule has 0 fully saturated rings. The summed E-state index contributed by atoms with van der Waals surface area (Å²) in [6, 6.07) is 6.54. The number of phenols is 1. The van der Waals surface area contributed by atoms with Gasteiger partial charge in [-0.3, -0.25) is 14.9 Å². The lowest BCUT2D eigenvalue weighted by Gasteiger charge is -2.20. The quantitative estimate of drug-likeness (QED) is 0.419. The van der Waals surface area contributed by atoms with E-state index in [0.29, 0.717) is 11.4 Å². The van der Waals surface area contributed by atoms with Gasteiger partial charge in [-0.15, -0.1) is 0 Å². The van der Waals surface area contributed by atoms with Gasteiger partial charge in [0.05, 0.1) is 16.0 Å². The number of phenolic OH excluding ortho intramolecular Hbond substituents is 1. The minimum atomic E-state index is -0.994. The molecule has 3 N–H and O–H groups in total. The Bertz CT molecular complexity index is 1180. The lowest BCUT2D eigenvalue weighted by atomic mass is 9.99. The number of benzene rings is 2. The molecule has 3 aromatic rings. The summed E-state index contributed by atoms with van der Waals surface area (Å²) in [5.41, 5.74) is -0.0502. The summed E-state index contributed by atoms with van der Waals surface area (Å²) < 4.78 is 11.2. The third-order valence-electron chi connectivity index (χ3n) is 5.08. The standard InChI is InChI=1S/C22H21Cl2NO6/c1-3-11(2)19(22(28)29)25-9-14-16(26)6-5-13-20(27)18(10-30-21(13)14)31-17-7-4-12(23)8-15(17)24/h4-8,10-11,19,25-26H,3,9H2,1-2H3,(H,28,29). The van der Waals surface area contributed by atoms with Crippen LogP contribution in [-0.2, 0) is 11.3 Å². The monoisotopic (exact) mass is 465 g/mol. The van der Waals surface area contributed by atoms with E-state index < -0.39 is 17.4 Å². The molecule has 2 unspecified atom stereocenters. The highest BCUT2D eigenvalue weighted by Crippen LogP contribution is 2.32. The van der Waals surface area contributed by atoms with Crippen molar-refractivity contribution in [2.75, 3.05) is 0 Å². The molecule has 0 saturated carbocycles. The Morgan fingerprint density at radius 2 is 1.97 bits per heavy atom. The largest absolute Gasteiger partial charge is 0.507 e. The fourth-order valence-corrected chi connectivity index (χ4v) is 3.57. The maximum absolute atomic E-state index is 12.9. The molecular formula is C22H21Cl2NO6. The van der Waals surface area contributed by atoms with E-state index in [4.69, 9.17) is 32.4 Å². The smallest absolute Gasteiger partial charge is 0.320 e. The van der Waals surface area contributed by atoms with Gasteiger partial charge in [0, 0.05) is 11.6 Å². The average molecular weight is 466 g/mol. The van der Waals surface area contributed by atoms with Crippen LogP contribution in [0, 0.1) is 5.92 Å². The molecule has 0 aliphatic rings. The van der Waals surface area contributed by atoms with E-state index in [1.165, 1.54) is 24.3 Å². The van der Waals surface area contributed by atoms with Crippen molar-refractivity contribution >= 4 is 40.1 Å². The van der Waals surface area contributed by atoms with Gasteiger partial charge in [-0.1, -0.05) is 43.5 Å². The zero-order valence-electron chi connectivity index (χ0n) is 16.8. The van der Waals surface area contributed by atoms with Crippen molar-refractivity contribution in [2.24, 2.45) is 5.92 Å². The van der Waals surface area contributed by atoms with Gasteiger partial charge in [0.2, 0.25) is 11.2 Å². The first-order chi connectivity index (χ1) is 14.7. The Labute approximate surface area is 188 Å². The minimum Gasteiger partial charge on any atom is -0.507 e. The number of carboxylic acids is 1. The molecule has 3 rings (SSSR count). The molecule has 1 heterocycles. The predicted molar refractivity (Wildman–Crippen MR) is 118 cm³/mol. The van der Waals surface area contributed by atoms with Gasteiger partial charge < -0.3 is 19.4 Å². The van der Waals surface area contributed by atoms with Crippen molar-refractivity contribution in [2.45, 2.75) is 32.9 Å². The number of halogens is 2. The molecule has 2 atom stereocenters. The summed E-state index contributed by atoms with van der Waals surface area (Å²) in [5, 5.41) is 23.5. The van der Waals surface area contributed by atoms with Crippen molar-refractivity contribution in [1.29, 1.82) is 0 Å².